The van der Waals surface area contributed by atoms with E-state index in [1.165, 1.54) is 24.0 Å². The van der Waals surface area contributed by atoms with Crippen molar-refractivity contribution in [2.75, 3.05) is 0 Å². The predicted octanol–water partition coefficient (Wildman–Crippen LogP) is 3.92. The summed E-state index contributed by atoms with van der Waals surface area (Å²) in [6.45, 7) is 0.622. The van der Waals surface area contributed by atoms with Crippen LogP contribution in [0, 0.1) is 0 Å². The summed E-state index contributed by atoms with van der Waals surface area (Å²) in [6, 6.07) is 16.6. The number of aryl methyl sites for hydroxylation is 1. The second-order valence-electron chi connectivity index (χ2n) is 5.45. The van der Waals surface area contributed by atoms with Crippen molar-refractivity contribution in [1.82, 2.24) is 0 Å². The van der Waals surface area contributed by atoms with Crippen LogP contribution < -0.4 is 5.73 Å². The van der Waals surface area contributed by atoms with Crippen molar-refractivity contribution in [3.05, 3.63) is 70.8 Å². The van der Waals surface area contributed by atoms with Crippen LogP contribution in [0.25, 0.3) is 0 Å². The van der Waals surface area contributed by atoms with Crippen LogP contribution in [0.2, 0.25) is 0 Å². The van der Waals surface area contributed by atoms with Crippen LogP contribution in [0.1, 0.15) is 41.2 Å². The molecule has 21 heavy (non-hydrogen) atoms. The minimum absolute atomic E-state index is 0.213. The molecule has 0 radical (unpaired) electrons. The van der Waals surface area contributed by atoms with E-state index in [0.717, 1.165) is 17.5 Å². The fourth-order valence-electron chi connectivity index (χ4n) is 2.84. The van der Waals surface area contributed by atoms with Gasteiger partial charge in [-0.05, 0) is 36.0 Å². The van der Waals surface area contributed by atoms with Crippen LogP contribution in [0.15, 0.2) is 48.5 Å². The Morgan fingerprint density at radius 3 is 2.67 bits per heavy atom. The van der Waals surface area contributed by atoms with Gasteiger partial charge in [0, 0.05) is 5.56 Å². The van der Waals surface area contributed by atoms with Gasteiger partial charge in [-0.25, -0.2) is 0 Å². The van der Waals surface area contributed by atoms with Gasteiger partial charge < -0.3 is 10.5 Å². The van der Waals surface area contributed by atoms with Crippen molar-refractivity contribution < 1.29 is 4.74 Å². The molecule has 0 saturated heterocycles. The predicted molar refractivity (Wildman–Crippen MR) is 89.2 cm³/mol. The molecule has 2 aromatic rings. The van der Waals surface area contributed by atoms with Crippen LogP contribution >= 0.6 is 12.2 Å². The van der Waals surface area contributed by atoms with E-state index in [9.17, 15) is 0 Å². The molecule has 2 aromatic carbocycles. The standard InChI is InChI=1S/C18H19NOS/c19-18(21)15-10-8-13(9-11-15)12-20-17-7-3-5-14-4-1-2-6-16(14)17/h1-2,4,6,8-11,17H,3,5,7,12H2,(H2,19,21). The molecule has 0 bridgehead atoms. The lowest BCUT2D eigenvalue weighted by Crippen LogP contribution is -2.13. The molecule has 0 aliphatic heterocycles. The quantitative estimate of drug-likeness (QED) is 0.869. The van der Waals surface area contributed by atoms with E-state index in [2.05, 4.69) is 24.3 Å². The van der Waals surface area contributed by atoms with Crippen LogP contribution in [-0.2, 0) is 17.8 Å². The molecule has 3 rings (SSSR count). The van der Waals surface area contributed by atoms with Crippen molar-refractivity contribution in [2.45, 2.75) is 32.0 Å². The monoisotopic (exact) mass is 297 g/mol. The Kier molecular flexibility index (Phi) is 4.32. The normalized spacial score (nSPS) is 17.2. The molecule has 0 amide bonds. The number of benzene rings is 2. The number of hydrogen-bond donors (Lipinski definition) is 1. The molecule has 108 valence electrons. The van der Waals surface area contributed by atoms with Gasteiger partial charge in [-0.1, -0.05) is 60.7 Å². The number of fused-ring (bicyclic) bond motifs is 1. The van der Waals surface area contributed by atoms with Gasteiger partial charge in [0.1, 0.15) is 4.99 Å². The van der Waals surface area contributed by atoms with Crippen LogP contribution in [0.5, 0.6) is 0 Å². The molecular weight excluding hydrogens is 278 g/mol. The molecule has 0 saturated carbocycles. The van der Waals surface area contributed by atoms with Crippen molar-refractivity contribution in [3.63, 3.8) is 0 Å². The molecule has 2 N–H and O–H groups in total. The molecule has 2 nitrogen and oxygen atoms in total. The summed E-state index contributed by atoms with van der Waals surface area (Å²) < 4.78 is 6.13. The van der Waals surface area contributed by atoms with Gasteiger partial charge in [-0.15, -0.1) is 0 Å². The lowest BCUT2D eigenvalue weighted by Gasteiger charge is -2.25. The maximum absolute atomic E-state index is 6.13. The van der Waals surface area contributed by atoms with E-state index < -0.39 is 0 Å². The zero-order valence-electron chi connectivity index (χ0n) is 11.9. The van der Waals surface area contributed by atoms with Gasteiger partial charge in [0.05, 0.1) is 12.7 Å². The summed E-state index contributed by atoms with van der Waals surface area (Å²) in [7, 11) is 0. The maximum atomic E-state index is 6.13. The summed E-state index contributed by atoms with van der Waals surface area (Å²) in [5.74, 6) is 0. The minimum Gasteiger partial charge on any atom is -0.389 e. The zero-order chi connectivity index (χ0) is 14.7. The van der Waals surface area contributed by atoms with E-state index in [0.29, 0.717) is 11.6 Å². The molecule has 0 fully saturated rings. The van der Waals surface area contributed by atoms with Crippen molar-refractivity contribution in [2.24, 2.45) is 5.73 Å². The highest BCUT2D eigenvalue weighted by Crippen LogP contribution is 2.32. The number of rotatable bonds is 4. The maximum Gasteiger partial charge on any atom is 0.103 e. The van der Waals surface area contributed by atoms with E-state index in [-0.39, 0.29) is 6.10 Å². The Morgan fingerprint density at radius 1 is 1.14 bits per heavy atom. The molecule has 0 aromatic heterocycles. The van der Waals surface area contributed by atoms with Crippen LogP contribution in [0.4, 0.5) is 0 Å². The summed E-state index contributed by atoms with van der Waals surface area (Å²) in [5.41, 5.74) is 10.4. The summed E-state index contributed by atoms with van der Waals surface area (Å²) in [6.07, 6.45) is 3.67. The Bertz CT molecular complexity index is 636. The fraction of sp³-hybridized carbons (Fsp3) is 0.278. The SMILES string of the molecule is NC(=S)c1ccc(COC2CCCc3ccccc32)cc1. The number of hydrogen-bond acceptors (Lipinski definition) is 2. The third-order valence-electron chi connectivity index (χ3n) is 4.00. The zero-order valence-corrected chi connectivity index (χ0v) is 12.7. The van der Waals surface area contributed by atoms with Gasteiger partial charge in [0.2, 0.25) is 0 Å². The highest BCUT2D eigenvalue weighted by molar-refractivity contribution is 7.80. The molecule has 1 atom stereocenters. The number of nitrogens with two attached hydrogens (primary N) is 1. The number of ether oxygens (including phenoxy) is 1. The molecule has 1 unspecified atom stereocenters. The van der Waals surface area contributed by atoms with E-state index in [1.807, 2.05) is 24.3 Å². The summed E-state index contributed by atoms with van der Waals surface area (Å²) in [5, 5.41) is 0. The van der Waals surface area contributed by atoms with Gasteiger partial charge in [-0.3, -0.25) is 0 Å². The van der Waals surface area contributed by atoms with Crippen molar-refractivity contribution >= 4 is 17.2 Å². The van der Waals surface area contributed by atoms with Crippen LogP contribution in [-0.4, -0.2) is 4.99 Å². The highest BCUT2D eigenvalue weighted by Gasteiger charge is 2.20. The Balaban J connectivity index is 1.67. The first-order valence-electron chi connectivity index (χ1n) is 7.32. The second kappa shape index (κ2) is 6.37. The average molecular weight is 297 g/mol. The van der Waals surface area contributed by atoms with Gasteiger partial charge >= 0.3 is 0 Å². The average Bonchev–Trinajstić information content (AvgIpc) is 2.53. The Morgan fingerprint density at radius 2 is 1.90 bits per heavy atom. The molecule has 0 spiro atoms. The third-order valence-corrected chi connectivity index (χ3v) is 4.24. The van der Waals surface area contributed by atoms with Gasteiger partial charge in [0.25, 0.3) is 0 Å². The van der Waals surface area contributed by atoms with E-state index >= 15 is 0 Å². The first-order chi connectivity index (χ1) is 10.2. The molecule has 0 heterocycles. The second-order valence-corrected chi connectivity index (χ2v) is 5.89. The Hall–Kier alpha value is -1.71. The fourth-order valence-corrected chi connectivity index (χ4v) is 2.98. The topological polar surface area (TPSA) is 35.2 Å². The third kappa shape index (κ3) is 3.31. The smallest absolute Gasteiger partial charge is 0.103 e. The Labute approximate surface area is 130 Å². The van der Waals surface area contributed by atoms with E-state index in [1.54, 1.807) is 0 Å². The number of thiocarbonyl (C=S) groups is 1. The van der Waals surface area contributed by atoms with Crippen molar-refractivity contribution in [1.29, 1.82) is 0 Å². The van der Waals surface area contributed by atoms with Gasteiger partial charge in [-0.2, -0.15) is 0 Å². The van der Waals surface area contributed by atoms with Crippen molar-refractivity contribution in [3.8, 4) is 0 Å². The molecule has 3 heteroatoms. The molecule has 1 aliphatic carbocycles. The van der Waals surface area contributed by atoms with Gasteiger partial charge in [0.15, 0.2) is 0 Å². The molecule has 1 aliphatic rings. The first kappa shape index (κ1) is 14.2. The lowest BCUT2D eigenvalue weighted by molar-refractivity contribution is 0.0283. The lowest BCUT2D eigenvalue weighted by atomic mass is 9.89. The summed E-state index contributed by atoms with van der Waals surface area (Å²) >= 11 is 4.96. The molecular formula is C18H19NOS. The van der Waals surface area contributed by atoms with Crippen LogP contribution in [0.3, 0.4) is 0 Å². The minimum atomic E-state index is 0.213. The highest BCUT2D eigenvalue weighted by atomic mass is 32.1. The largest absolute Gasteiger partial charge is 0.389 e. The van der Waals surface area contributed by atoms with E-state index in [4.69, 9.17) is 22.7 Å². The first-order valence-corrected chi connectivity index (χ1v) is 7.73. The summed E-state index contributed by atoms with van der Waals surface area (Å²) in [4.78, 5) is 0.434.